The molecule has 0 unspecified atom stereocenters. The summed E-state index contributed by atoms with van der Waals surface area (Å²) < 4.78 is 0.938. The second-order valence-electron chi connectivity index (χ2n) is 3.97. The second-order valence-corrected chi connectivity index (χ2v) is 6.29. The first-order chi connectivity index (χ1) is 9.28. The maximum absolute atomic E-state index is 8.46. The molecular weight excluding hydrogens is 276 g/mol. The number of rotatable bonds is 6. The fourth-order valence-corrected chi connectivity index (χ4v) is 3.17. The number of aryl methyl sites for hydroxylation is 1. The first kappa shape index (κ1) is 13.8. The van der Waals surface area contributed by atoms with E-state index in [2.05, 4.69) is 40.6 Å². The molecule has 19 heavy (non-hydrogen) atoms. The van der Waals surface area contributed by atoms with Gasteiger partial charge in [0.05, 0.1) is 6.07 Å². The zero-order valence-electron chi connectivity index (χ0n) is 10.6. The minimum atomic E-state index is 0.597. The van der Waals surface area contributed by atoms with Crippen LogP contribution in [-0.2, 0) is 0 Å². The van der Waals surface area contributed by atoms with Gasteiger partial charge >= 0.3 is 0 Å². The number of hydrogen-bond donors (Lipinski definition) is 1. The van der Waals surface area contributed by atoms with Gasteiger partial charge in [-0.05, 0) is 25.5 Å². The Labute approximate surface area is 120 Å². The van der Waals surface area contributed by atoms with Crippen molar-refractivity contribution in [3.8, 4) is 6.07 Å². The SMILES string of the molecule is Cc1ccc(Nc2nnc(SCCCC#N)s2)cc1. The summed E-state index contributed by atoms with van der Waals surface area (Å²) >= 11 is 3.18. The molecule has 0 amide bonds. The zero-order chi connectivity index (χ0) is 13.5. The number of anilines is 2. The third-order valence-electron chi connectivity index (χ3n) is 2.37. The Morgan fingerprint density at radius 1 is 1.32 bits per heavy atom. The van der Waals surface area contributed by atoms with Crippen LogP contribution < -0.4 is 5.32 Å². The van der Waals surface area contributed by atoms with E-state index >= 15 is 0 Å². The van der Waals surface area contributed by atoms with Crippen molar-refractivity contribution in [2.24, 2.45) is 0 Å². The summed E-state index contributed by atoms with van der Waals surface area (Å²) in [6, 6.07) is 10.3. The van der Waals surface area contributed by atoms with Gasteiger partial charge in [0.2, 0.25) is 5.13 Å². The molecule has 0 aliphatic heterocycles. The minimum Gasteiger partial charge on any atom is -0.330 e. The summed E-state index contributed by atoms with van der Waals surface area (Å²) in [5, 5.41) is 20.7. The van der Waals surface area contributed by atoms with Crippen LogP contribution in [0.15, 0.2) is 28.6 Å². The molecular formula is C13H14N4S2. The molecule has 0 spiro atoms. The molecule has 2 rings (SSSR count). The van der Waals surface area contributed by atoms with Crippen molar-refractivity contribution in [2.45, 2.75) is 24.1 Å². The predicted molar refractivity (Wildman–Crippen MR) is 79.9 cm³/mol. The fraction of sp³-hybridized carbons (Fsp3) is 0.308. The molecule has 0 fully saturated rings. The average molecular weight is 290 g/mol. The quantitative estimate of drug-likeness (QED) is 0.644. The average Bonchev–Trinajstić information content (AvgIpc) is 2.85. The highest BCUT2D eigenvalue weighted by Gasteiger charge is 2.04. The fourth-order valence-electron chi connectivity index (χ4n) is 1.39. The number of hydrogen-bond acceptors (Lipinski definition) is 6. The van der Waals surface area contributed by atoms with Crippen LogP contribution in [0.3, 0.4) is 0 Å². The molecule has 98 valence electrons. The predicted octanol–water partition coefficient (Wildman–Crippen LogP) is 3.99. The zero-order valence-corrected chi connectivity index (χ0v) is 12.2. The number of benzene rings is 1. The maximum Gasteiger partial charge on any atom is 0.210 e. The molecule has 0 bridgehead atoms. The number of nitrogens with one attached hydrogen (secondary N) is 1. The summed E-state index contributed by atoms with van der Waals surface area (Å²) in [7, 11) is 0. The van der Waals surface area contributed by atoms with Gasteiger partial charge in [-0.15, -0.1) is 10.2 Å². The molecule has 1 heterocycles. The van der Waals surface area contributed by atoms with E-state index in [9.17, 15) is 0 Å². The summed E-state index contributed by atoms with van der Waals surface area (Å²) in [6.07, 6.45) is 1.49. The van der Waals surface area contributed by atoms with Crippen molar-refractivity contribution in [1.29, 1.82) is 5.26 Å². The van der Waals surface area contributed by atoms with E-state index in [0.717, 1.165) is 27.3 Å². The van der Waals surface area contributed by atoms with Crippen LogP contribution in [0.2, 0.25) is 0 Å². The van der Waals surface area contributed by atoms with E-state index in [1.54, 1.807) is 11.8 Å². The summed E-state index contributed by atoms with van der Waals surface area (Å²) in [4.78, 5) is 0. The van der Waals surface area contributed by atoms with Crippen molar-refractivity contribution in [3.05, 3.63) is 29.8 Å². The van der Waals surface area contributed by atoms with Crippen LogP contribution in [0.1, 0.15) is 18.4 Å². The molecule has 1 aromatic heterocycles. The van der Waals surface area contributed by atoms with E-state index in [0.29, 0.717) is 6.42 Å². The van der Waals surface area contributed by atoms with Gasteiger partial charge in [0, 0.05) is 17.9 Å². The molecule has 0 aliphatic rings. The summed E-state index contributed by atoms with van der Waals surface area (Å²) in [5.74, 6) is 0.909. The summed E-state index contributed by atoms with van der Waals surface area (Å²) in [6.45, 7) is 2.06. The second kappa shape index (κ2) is 7.12. The normalized spacial score (nSPS) is 10.1. The number of thioether (sulfide) groups is 1. The molecule has 1 N–H and O–H groups in total. The first-order valence-electron chi connectivity index (χ1n) is 5.95. The largest absolute Gasteiger partial charge is 0.330 e. The number of unbranched alkanes of at least 4 members (excludes halogenated alkanes) is 1. The number of nitrogens with zero attached hydrogens (tertiary/aromatic N) is 3. The molecule has 6 heteroatoms. The van der Waals surface area contributed by atoms with E-state index < -0.39 is 0 Å². The lowest BCUT2D eigenvalue weighted by Crippen LogP contribution is -1.88. The molecule has 0 saturated heterocycles. The van der Waals surface area contributed by atoms with Gasteiger partial charge in [0.25, 0.3) is 0 Å². The number of nitriles is 1. The van der Waals surface area contributed by atoms with Gasteiger partial charge in [0.1, 0.15) is 0 Å². The van der Waals surface area contributed by atoms with Crippen LogP contribution in [-0.4, -0.2) is 16.0 Å². The Hall–Kier alpha value is -1.58. The van der Waals surface area contributed by atoms with Gasteiger partial charge in [0.15, 0.2) is 4.34 Å². The van der Waals surface area contributed by atoms with E-state index in [-0.39, 0.29) is 0 Å². The minimum absolute atomic E-state index is 0.597. The van der Waals surface area contributed by atoms with Crippen LogP contribution in [0, 0.1) is 18.3 Å². The van der Waals surface area contributed by atoms with Crippen molar-refractivity contribution in [1.82, 2.24) is 10.2 Å². The Morgan fingerprint density at radius 2 is 2.11 bits per heavy atom. The maximum atomic E-state index is 8.46. The standard InChI is InChI=1S/C13H14N4S2/c1-10-4-6-11(7-5-10)15-12-16-17-13(19-12)18-9-3-2-8-14/h4-7H,2-3,9H2,1H3,(H,15,16). The van der Waals surface area contributed by atoms with Gasteiger partial charge in [-0.2, -0.15) is 5.26 Å². The van der Waals surface area contributed by atoms with Crippen LogP contribution in [0.4, 0.5) is 10.8 Å². The molecule has 0 radical (unpaired) electrons. The lowest BCUT2D eigenvalue weighted by molar-refractivity contribution is 0.971. The first-order valence-corrected chi connectivity index (χ1v) is 7.75. The number of aromatic nitrogens is 2. The third-order valence-corrected chi connectivity index (χ3v) is 4.43. The monoisotopic (exact) mass is 290 g/mol. The summed E-state index contributed by atoms with van der Waals surface area (Å²) in [5.41, 5.74) is 2.25. The van der Waals surface area contributed by atoms with Crippen molar-refractivity contribution < 1.29 is 0 Å². The van der Waals surface area contributed by atoms with E-state index in [4.69, 9.17) is 5.26 Å². The highest BCUT2D eigenvalue weighted by atomic mass is 32.2. The van der Waals surface area contributed by atoms with E-state index in [1.165, 1.54) is 16.9 Å². The molecule has 2 aromatic rings. The smallest absolute Gasteiger partial charge is 0.210 e. The molecule has 0 saturated carbocycles. The van der Waals surface area contributed by atoms with Gasteiger partial charge in [-0.25, -0.2) is 0 Å². The highest BCUT2D eigenvalue weighted by Crippen LogP contribution is 2.28. The van der Waals surface area contributed by atoms with Crippen LogP contribution in [0.5, 0.6) is 0 Å². The van der Waals surface area contributed by atoms with Gasteiger partial charge < -0.3 is 5.32 Å². The van der Waals surface area contributed by atoms with Crippen LogP contribution >= 0.6 is 23.1 Å². The Morgan fingerprint density at radius 3 is 2.84 bits per heavy atom. The van der Waals surface area contributed by atoms with Crippen molar-refractivity contribution in [2.75, 3.05) is 11.1 Å². The Kier molecular flexibility index (Phi) is 5.19. The van der Waals surface area contributed by atoms with Crippen molar-refractivity contribution in [3.63, 3.8) is 0 Å². The molecule has 1 aromatic carbocycles. The van der Waals surface area contributed by atoms with E-state index in [1.807, 2.05) is 12.1 Å². The topological polar surface area (TPSA) is 61.6 Å². The van der Waals surface area contributed by atoms with Gasteiger partial charge in [-0.1, -0.05) is 40.8 Å². The van der Waals surface area contributed by atoms with Crippen LogP contribution in [0.25, 0.3) is 0 Å². The lowest BCUT2D eigenvalue weighted by atomic mass is 10.2. The lowest BCUT2D eigenvalue weighted by Gasteiger charge is -2.01. The van der Waals surface area contributed by atoms with Crippen molar-refractivity contribution >= 4 is 33.9 Å². The Balaban J connectivity index is 1.87. The highest BCUT2D eigenvalue weighted by molar-refractivity contribution is 8.01. The molecule has 4 nitrogen and oxygen atoms in total. The molecule has 0 aliphatic carbocycles. The molecule has 0 atom stereocenters. The Bertz CT molecular complexity index is 557. The van der Waals surface area contributed by atoms with Gasteiger partial charge in [-0.3, -0.25) is 0 Å². The third kappa shape index (κ3) is 4.54.